The van der Waals surface area contributed by atoms with Crippen LogP contribution in [0.15, 0.2) is 42.5 Å². The van der Waals surface area contributed by atoms with Gasteiger partial charge in [-0.2, -0.15) is 13.2 Å². The van der Waals surface area contributed by atoms with Crippen molar-refractivity contribution in [2.75, 3.05) is 7.11 Å². The Hall–Kier alpha value is -2.04. The molecule has 0 aromatic heterocycles. The molecule has 0 unspecified atom stereocenters. The Morgan fingerprint density at radius 3 is 2.28 bits per heavy atom. The zero-order chi connectivity index (χ0) is 13.6. The number of esters is 1. The van der Waals surface area contributed by atoms with E-state index in [1.165, 1.54) is 31.4 Å². The van der Waals surface area contributed by atoms with Crippen LogP contribution in [0, 0.1) is 0 Å². The molecule has 0 saturated heterocycles. The molecular formula is C13H11F3O2. The van der Waals surface area contributed by atoms with Crippen LogP contribution in [0.25, 0.3) is 6.08 Å². The third-order valence-electron chi connectivity index (χ3n) is 2.07. The monoisotopic (exact) mass is 256 g/mol. The second kappa shape index (κ2) is 6.05. The number of hydrogen-bond acceptors (Lipinski definition) is 2. The highest BCUT2D eigenvalue weighted by Crippen LogP contribution is 2.29. The molecule has 1 aromatic rings. The average molecular weight is 256 g/mol. The molecule has 2 nitrogen and oxygen atoms in total. The second-order valence-corrected chi connectivity index (χ2v) is 3.36. The highest BCUT2D eigenvalue weighted by Gasteiger charge is 2.29. The number of benzene rings is 1. The van der Waals surface area contributed by atoms with Gasteiger partial charge in [-0.25, -0.2) is 4.79 Å². The molecule has 18 heavy (non-hydrogen) atoms. The number of carbonyl (C=O) groups excluding carboxylic acids is 1. The largest absolute Gasteiger partial charge is 0.466 e. The Balaban J connectivity index is 2.67. The van der Waals surface area contributed by atoms with E-state index in [1.807, 2.05) is 0 Å². The van der Waals surface area contributed by atoms with Crippen molar-refractivity contribution < 1.29 is 22.7 Å². The summed E-state index contributed by atoms with van der Waals surface area (Å²) in [5.41, 5.74) is -0.0812. The topological polar surface area (TPSA) is 26.3 Å². The summed E-state index contributed by atoms with van der Waals surface area (Å²) in [5.74, 6) is -0.493. The smallest absolute Gasteiger partial charge is 0.416 e. The molecule has 0 fully saturated rings. The Morgan fingerprint density at radius 1 is 1.17 bits per heavy atom. The minimum Gasteiger partial charge on any atom is -0.466 e. The van der Waals surface area contributed by atoms with Crippen molar-refractivity contribution in [1.29, 1.82) is 0 Å². The molecule has 5 heteroatoms. The van der Waals surface area contributed by atoms with Gasteiger partial charge in [0.2, 0.25) is 0 Å². The number of rotatable bonds is 3. The second-order valence-electron chi connectivity index (χ2n) is 3.36. The Kier molecular flexibility index (Phi) is 4.71. The fraction of sp³-hybridized carbons (Fsp3) is 0.154. The van der Waals surface area contributed by atoms with Crippen molar-refractivity contribution in [1.82, 2.24) is 0 Å². The molecule has 0 atom stereocenters. The highest BCUT2D eigenvalue weighted by atomic mass is 19.4. The van der Waals surface area contributed by atoms with Crippen LogP contribution < -0.4 is 0 Å². The van der Waals surface area contributed by atoms with Gasteiger partial charge < -0.3 is 4.74 Å². The lowest BCUT2D eigenvalue weighted by molar-refractivity contribution is -0.137. The maximum absolute atomic E-state index is 12.3. The maximum atomic E-state index is 12.3. The first-order valence-corrected chi connectivity index (χ1v) is 5.03. The van der Waals surface area contributed by atoms with Crippen molar-refractivity contribution in [2.24, 2.45) is 0 Å². The van der Waals surface area contributed by atoms with Gasteiger partial charge in [-0.05, 0) is 17.7 Å². The zero-order valence-corrected chi connectivity index (χ0v) is 9.57. The highest BCUT2D eigenvalue weighted by molar-refractivity contribution is 5.82. The van der Waals surface area contributed by atoms with Crippen LogP contribution in [0.4, 0.5) is 13.2 Å². The SMILES string of the molecule is COC(=O)/C=C/C=C/c1ccc(C(F)(F)F)cc1. The predicted molar refractivity (Wildman–Crippen MR) is 61.6 cm³/mol. The summed E-state index contributed by atoms with van der Waals surface area (Å²) in [6, 6.07) is 4.71. The predicted octanol–water partition coefficient (Wildman–Crippen LogP) is 3.45. The minimum absolute atomic E-state index is 0.493. The van der Waals surface area contributed by atoms with Gasteiger partial charge in [-0.3, -0.25) is 0 Å². The summed E-state index contributed by atoms with van der Waals surface area (Å²) in [5, 5.41) is 0. The van der Waals surface area contributed by atoms with E-state index in [0.29, 0.717) is 5.56 Å². The van der Waals surface area contributed by atoms with E-state index in [1.54, 1.807) is 12.2 Å². The van der Waals surface area contributed by atoms with E-state index in [2.05, 4.69) is 4.74 Å². The normalized spacial score (nSPS) is 12.2. The number of hydrogen-bond donors (Lipinski definition) is 0. The van der Waals surface area contributed by atoms with E-state index in [0.717, 1.165) is 12.1 Å². The van der Waals surface area contributed by atoms with Crippen LogP contribution in [0.3, 0.4) is 0 Å². The van der Waals surface area contributed by atoms with Gasteiger partial charge in [-0.15, -0.1) is 0 Å². The molecule has 0 radical (unpaired) electrons. The number of carbonyl (C=O) groups is 1. The molecule has 0 bridgehead atoms. The zero-order valence-electron chi connectivity index (χ0n) is 9.57. The van der Waals surface area contributed by atoms with Crippen molar-refractivity contribution in [2.45, 2.75) is 6.18 Å². The van der Waals surface area contributed by atoms with Gasteiger partial charge in [0.15, 0.2) is 0 Å². The van der Waals surface area contributed by atoms with Crippen molar-refractivity contribution in [3.8, 4) is 0 Å². The third kappa shape index (κ3) is 4.45. The first-order valence-electron chi connectivity index (χ1n) is 5.03. The Labute approximate surface area is 102 Å². The van der Waals surface area contributed by atoms with E-state index < -0.39 is 17.7 Å². The van der Waals surface area contributed by atoms with Gasteiger partial charge >= 0.3 is 12.1 Å². The molecule has 0 spiro atoms. The van der Waals surface area contributed by atoms with Crippen LogP contribution in [0.2, 0.25) is 0 Å². The van der Waals surface area contributed by atoms with Gasteiger partial charge in [-0.1, -0.05) is 30.4 Å². The number of halogens is 3. The first-order chi connectivity index (χ1) is 8.43. The summed E-state index contributed by atoms with van der Waals surface area (Å²) >= 11 is 0. The third-order valence-corrected chi connectivity index (χ3v) is 2.07. The van der Waals surface area contributed by atoms with E-state index >= 15 is 0 Å². The molecule has 0 heterocycles. The molecule has 0 saturated carbocycles. The molecule has 0 N–H and O–H groups in total. The van der Waals surface area contributed by atoms with Crippen molar-refractivity contribution in [3.05, 3.63) is 53.6 Å². The average Bonchev–Trinajstić information content (AvgIpc) is 2.33. The van der Waals surface area contributed by atoms with Crippen LogP contribution >= 0.6 is 0 Å². The fourth-order valence-corrected chi connectivity index (χ4v) is 1.15. The number of alkyl halides is 3. The van der Waals surface area contributed by atoms with Gasteiger partial charge in [0.05, 0.1) is 12.7 Å². The molecular weight excluding hydrogens is 245 g/mol. The molecule has 0 amide bonds. The number of methoxy groups -OCH3 is 1. The molecule has 0 aliphatic carbocycles. The van der Waals surface area contributed by atoms with E-state index in [4.69, 9.17) is 0 Å². The van der Waals surface area contributed by atoms with Crippen LogP contribution in [-0.2, 0) is 15.7 Å². The number of allylic oxidation sites excluding steroid dienone is 2. The van der Waals surface area contributed by atoms with E-state index in [-0.39, 0.29) is 0 Å². The molecule has 0 aliphatic heterocycles. The lowest BCUT2D eigenvalue weighted by Gasteiger charge is -2.05. The first kappa shape index (κ1) is 14.0. The molecule has 1 rings (SSSR count). The van der Waals surface area contributed by atoms with Crippen LogP contribution in [0.1, 0.15) is 11.1 Å². The summed E-state index contributed by atoms with van der Waals surface area (Å²) < 4.78 is 41.2. The number of ether oxygens (including phenoxy) is 1. The van der Waals surface area contributed by atoms with Crippen LogP contribution in [0.5, 0.6) is 0 Å². The Bertz CT molecular complexity index is 456. The summed E-state index contributed by atoms with van der Waals surface area (Å²) in [4.78, 5) is 10.7. The van der Waals surface area contributed by atoms with Gasteiger partial charge in [0, 0.05) is 6.08 Å². The van der Waals surface area contributed by atoms with Crippen LogP contribution in [-0.4, -0.2) is 13.1 Å². The van der Waals surface area contributed by atoms with Gasteiger partial charge in [0.1, 0.15) is 0 Å². The minimum atomic E-state index is -4.33. The maximum Gasteiger partial charge on any atom is 0.416 e. The van der Waals surface area contributed by atoms with E-state index in [9.17, 15) is 18.0 Å². The van der Waals surface area contributed by atoms with Crippen molar-refractivity contribution >= 4 is 12.0 Å². The summed E-state index contributed by atoms with van der Waals surface area (Å²) in [6.07, 6.45) is 1.45. The quantitative estimate of drug-likeness (QED) is 0.470. The van der Waals surface area contributed by atoms with Gasteiger partial charge in [0.25, 0.3) is 0 Å². The lowest BCUT2D eigenvalue weighted by Crippen LogP contribution is -2.03. The standard InChI is InChI=1S/C13H11F3O2/c1-18-12(17)5-3-2-4-10-6-8-11(9-7-10)13(14,15)16/h2-9H,1H3/b4-2+,5-3+. The lowest BCUT2D eigenvalue weighted by atomic mass is 10.1. The molecule has 0 aliphatic rings. The molecule has 96 valence electrons. The molecule has 1 aromatic carbocycles. The van der Waals surface area contributed by atoms with Crippen molar-refractivity contribution in [3.63, 3.8) is 0 Å². The summed E-state index contributed by atoms with van der Waals surface area (Å²) in [7, 11) is 1.26. The fourth-order valence-electron chi connectivity index (χ4n) is 1.15. The Morgan fingerprint density at radius 2 is 1.78 bits per heavy atom. The summed E-state index contributed by atoms with van der Waals surface area (Å²) in [6.45, 7) is 0.